The molecule has 0 saturated carbocycles. The summed E-state index contributed by atoms with van der Waals surface area (Å²) >= 11 is 3.00. The molecule has 2 saturated heterocycles. The highest BCUT2D eigenvalue weighted by Gasteiger charge is 2.35. The number of thiazole rings is 1. The van der Waals surface area contributed by atoms with Crippen molar-refractivity contribution in [2.45, 2.75) is 24.8 Å². The Bertz CT molecular complexity index is 1050. The molecule has 2 amide bonds. The van der Waals surface area contributed by atoms with Gasteiger partial charge < -0.3 is 15.5 Å². The van der Waals surface area contributed by atoms with Gasteiger partial charge in [-0.15, -0.1) is 22.7 Å². The molecule has 154 valence electrons. The van der Waals surface area contributed by atoms with E-state index in [2.05, 4.69) is 28.1 Å². The third kappa shape index (κ3) is 3.90. The largest absolute Gasteiger partial charge is 0.336 e. The van der Waals surface area contributed by atoms with E-state index in [1.807, 2.05) is 29.2 Å². The van der Waals surface area contributed by atoms with Crippen molar-refractivity contribution in [3.63, 3.8) is 0 Å². The highest BCUT2D eigenvalue weighted by Crippen LogP contribution is 2.34. The Labute approximate surface area is 183 Å². The molecule has 3 aromatic rings. The standard InChI is InChI=1S/C22H22N4O2S2/c27-20(16-7-4-10-23-16)25-19-9-8-18(30-19)22(28)26-11-15(12-26)21-24-17(13-29-21)14-5-2-1-3-6-14/h1-3,5-6,8-9,13,15-16,23H,4,7,10-12H2,(H,25,27)/t16-/m0/s1. The first-order chi connectivity index (χ1) is 14.7. The molecule has 0 spiro atoms. The van der Waals surface area contributed by atoms with Crippen molar-refractivity contribution in [1.29, 1.82) is 0 Å². The Morgan fingerprint density at radius 1 is 1.13 bits per heavy atom. The zero-order valence-electron chi connectivity index (χ0n) is 16.3. The quantitative estimate of drug-likeness (QED) is 0.635. The lowest BCUT2D eigenvalue weighted by Gasteiger charge is -2.37. The lowest BCUT2D eigenvalue weighted by molar-refractivity contribution is -0.117. The van der Waals surface area contributed by atoms with Gasteiger partial charge in [-0.1, -0.05) is 30.3 Å². The van der Waals surface area contributed by atoms with Crippen LogP contribution >= 0.6 is 22.7 Å². The number of amides is 2. The van der Waals surface area contributed by atoms with Crippen molar-refractivity contribution >= 4 is 39.5 Å². The van der Waals surface area contributed by atoms with Crippen molar-refractivity contribution in [2.24, 2.45) is 0 Å². The Morgan fingerprint density at radius 2 is 1.97 bits per heavy atom. The summed E-state index contributed by atoms with van der Waals surface area (Å²) in [5.41, 5.74) is 2.11. The minimum atomic E-state index is -0.124. The molecule has 4 heterocycles. The fourth-order valence-electron chi connectivity index (χ4n) is 3.81. The molecule has 6 nitrogen and oxygen atoms in total. The zero-order valence-corrected chi connectivity index (χ0v) is 18.0. The fourth-order valence-corrected chi connectivity index (χ4v) is 5.60. The smallest absolute Gasteiger partial charge is 0.264 e. The lowest BCUT2D eigenvalue weighted by Crippen LogP contribution is -2.48. The molecular formula is C22H22N4O2S2. The minimum absolute atomic E-state index is 0.0182. The molecule has 2 aliphatic rings. The van der Waals surface area contributed by atoms with E-state index >= 15 is 0 Å². The maximum atomic E-state index is 12.8. The molecule has 2 aromatic heterocycles. The number of likely N-dealkylation sites (tertiary alicyclic amines) is 1. The Kier molecular flexibility index (Phi) is 5.37. The first-order valence-corrected chi connectivity index (χ1v) is 11.8. The topological polar surface area (TPSA) is 74.3 Å². The third-order valence-corrected chi connectivity index (χ3v) is 7.55. The number of hydrogen-bond donors (Lipinski definition) is 2. The lowest BCUT2D eigenvalue weighted by atomic mass is 10.0. The highest BCUT2D eigenvalue weighted by molar-refractivity contribution is 7.18. The fraction of sp³-hybridized carbons (Fsp3) is 0.318. The van der Waals surface area contributed by atoms with E-state index in [1.165, 1.54) is 11.3 Å². The van der Waals surface area contributed by atoms with Crippen LogP contribution in [0.4, 0.5) is 5.00 Å². The van der Waals surface area contributed by atoms with Gasteiger partial charge >= 0.3 is 0 Å². The van der Waals surface area contributed by atoms with E-state index in [4.69, 9.17) is 4.98 Å². The van der Waals surface area contributed by atoms with Gasteiger partial charge in [-0.2, -0.15) is 0 Å². The molecule has 5 rings (SSSR count). The van der Waals surface area contributed by atoms with E-state index in [0.29, 0.717) is 23.9 Å². The van der Waals surface area contributed by atoms with Crippen LogP contribution in [0.15, 0.2) is 47.8 Å². The zero-order chi connectivity index (χ0) is 20.5. The number of thiophene rings is 1. The average molecular weight is 439 g/mol. The van der Waals surface area contributed by atoms with Crippen molar-refractivity contribution in [2.75, 3.05) is 25.0 Å². The third-order valence-electron chi connectivity index (χ3n) is 5.55. The predicted octanol–water partition coefficient (Wildman–Crippen LogP) is 3.80. The van der Waals surface area contributed by atoms with E-state index in [9.17, 15) is 9.59 Å². The maximum absolute atomic E-state index is 12.8. The normalized spacial score (nSPS) is 18.9. The summed E-state index contributed by atoms with van der Waals surface area (Å²) in [4.78, 5) is 32.3. The maximum Gasteiger partial charge on any atom is 0.264 e. The number of hydrogen-bond acceptors (Lipinski definition) is 6. The van der Waals surface area contributed by atoms with Crippen LogP contribution in [0.1, 0.15) is 33.4 Å². The highest BCUT2D eigenvalue weighted by atomic mass is 32.1. The molecular weight excluding hydrogens is 416 g/mol. The molecule has 2 fully saturated rings. The van der Waals surface area contributed by atoms with Crippen LogP contribution in [-0.2, 0) is 4.79 Å². The number of nitrogens with one attached hydrogen (secondary N) is 2. The summed E-state index contributed by atoms with van der Waals surface area (Å²) in [6.07, 6.45) is 1.88. The molecule has 0 unspecified atom stereocenters. The second-order valence-corrected chi connectivity index (χ2v) is 9.62. The van der Waals surface area contributed by atoms with E-state index in [1.54, 1.807) is 17.4 Å². The minimum Gasteiger partial charge on any atom is -0.336 e. The Balaban J connectivity index is 1.17. The summed E-state index contributed by atoms with van der Waals surface area (Å²) in [5, 5.41) is 10.0. The first kappa shape index (κ1) is 19.4. The van der Waals surface area contributed by atoms with Crippen LogP contribution in [-0.4, -0.2) is 47.4 Å². The van der Waals surface area contributed by atoms with Crippen molar-refractivity contribution in [3.05, 3.63) is 57.7 Å². The van der Waals surface area contributed by atoms with Gasteiger partial charge in [0.15, 0.2) is 0 Å². The number of rotatable bonds is 5. The second kappa shape index (κ2) is 8.29. The summed E-state index contributed by atoms with van der Waals surface area (Å²) in [7, 11) is 0. The molecule has 2 N–H and O–H groups in total. The Morgan fingerprint density at radius 3 is 2.73 bits per heavy atom. The summed E-state index contributed by atoms with van der Waals surface area (Å²) in [6.45, 7) is 2.26. The van der Waals surface area contributed by atoms with Gasteiger partial charge in [-0.3, -0.25) is 9.59 Å². The van der Waals surface area contributed by atoms with Crippen molar-refractivity contribution in [1.82, 2.24) is 15.2 Å². The molecule has 0 aliphatic carbocycles. The van der Waals surface area contributed by atoms with Crippen molar-refractivity contribution in [3.8, 4) is 11.3 Å². The van der Waals surface area contributed by atoms with Crippen LogP contribution in [0.3, 0.4) is 0 Å². The molecule has 30 heavy (non-hydrogen) atoms. The molecule has 0 radical (unpaired) electrons. The van der Waals surface area contributed by atoms with Gasteiger partial charge in [0.2, 0.25) is 5.91 Å². The van der Waals surface area contributed by atoms with E-state index in [0.717, 1.165) is 40.7 Å². The summed E-state index contributed by atoms with van der Waals surface area (Å²) < 4.78 is 0. The molecule has 1 aromatic carbocycles. The van der Waals surface area contributed by atoms with Crippen LogP contribution < -0.4 is 10.6 Å². The monoisotopic (exact) mass is 438 g/mol. The number of aromatic nitrogens is 1. The van der Waals surface area contributed by atoms with Crippen molar-refractivity contribution < 1.29 is 9.59 Å². The van der Waals surface area contributed by atoms with Gasteiger partial charge in [0.1, 0.15) is 0 Å². The number of carbonyl (C=O) groups is 2. The molecule has 8 heteroatoms. The van der Waals surface area contributed by atoms with Crippen LogP contribution in [0.5, 0.6) is 0 Å². The number of carbonyl (C=O) groups excluding carboxylic acids is 2. The number of benzene rings is 1. The number of anilines is 1. The van der Waals surface area contributed by atoms with Gasteiger partial charge in [-0.25, -0.2) is 4.98 Å². The number of nitrogens with zero attached hydrogens (tertiary/aromatic N) is 2. The van der Waals surface area contributed by atoms with E-state index in [-0.39, 0.29) is 17.9 Å². The second-order valence-electron chi connectivity index (χ2n) is 7.65. The molecule has 2 aliphatic heterocycles. The predicted molar refractivity (Wildman–Crippen MR) is 120 cm³/mol. The van der Waals surface area contributed by atoms with Gasteiger partial charge in [-0.05, 0) is 31.5 Å². The van der Waals surface area contributed by atoms with Gasteiger partial charge in [0.05, 0.1) is 26.6 Å². The SMILES string of the molecule is O=C(Nc1ccc(C(=O)N2CC(c3nc(-c4ccccc4)cs3)C2)s1)[C@@H]1CCCN1. The summed E-state index contributed by atoms with van der Waals surface area (Å²) in [5.74, 6) is 0.301. The van der Waals surface area contributed by atoms with Gasteiger partial charge in [0, 0.05) is 30.0 Å². The van der Waals surface area contributed by atoms with Crippen LogP contribution in [0, 0.1) is 0 Å². The average Bonchev–Trinajstić information content (AvgIpc) is 3.49. The molecule has 0 bridgehead atoms. The van der Waals surface area contributed by atoms with Crippen LogP contribution in [0.25, 0.3) is 11.3 Å². The summed E-state index contributed by atoms with van der Waals surface area (Å²) in [6, 6.07) is 13.6. The molecule has 1 atom stereocenters. The Hall–Kier alpha value is -2.55. The van der Waals surface area contributed by atoms with Gasteiger partial charge in [0.25, 0.3) is 5.91 Å². The van der Waals surface area contributed by atoms with E-state index < -0.39 is 0 Å². The first-order valence-electron chi connectivity index (χ1n) is 10.1. The van der Waals surface area contributed by atoms with Crippen LogP contribution in [0.2, 0.25) is 0 Å².